The molecule has 1 aliphatic carbocycles. The summed E-state index contributed by atoms with van der Waals surface area (Å²) < 4.78 is 0. The molecule has 0 aromatic heterocycles. The average molecular weight is 424 g/mol. The number of aliphatic hydroxyl groups excluding tert-OH is 1. The fourth-order valence-corrected chi connectivity index (χ4v) is 6.88. The normalized spacial score (nSPS) is 35.9. The summed E-state index contributed by atoms with van der Waals surface area (Å²) in [4.78, 5) is 28.9. The van der Waals surface area contributed by atoms with Gasteiger partial charge in [0.1, 0.15) is 5.70 Å². The molecule has 1 saturated carbocycles. The smallest absolute Gasteiger partial charge is 0.353 e. The van der Waals surface area contributed by atoms with E-state index in [1.807, 2.05) is 6.92 Å². The van der Waals surface area contributed by atoms with Gasteiger partial charge in [-0.1, -0.05) is 6.92 Å². The minimum Gasteiger partial charge on any atom is -0.477 e. The Hall–Kier alpha value is -1.78. The van der Waals surface area contributed by atoms with Crippen molar-refractivity contribution in [3.63, 3.8) is 0 Å². The van der Waals surface area contributed by atoms with Crippen LogP contribution in [0.25, 0.3) is 0 Å². The van der Waals surface area contributed by atoms with Crippen LogP contribution in [0.15, 0.2) is 10.6 Å². The van der Waals surface area contributed by atoms with Crippen LogP contribution in [-0.4, -0.2) is 80.4 Å². The molecule has 3 aliphatic heterocycles. The molecule has 0 aromatic rings. The lowest BCUT2D eigenvalue weighted by Crippen LogP contribution is -2.63. The van der Waals surface area contributed by atoms with Gasteiger partial charge in [-0.05, 0) is 26.2 Å². The Morgan fingerprint density at radius 1 is 1.38 bits per heavy atom. The number of nitrogens with one attached hydrogen (secondary N) is 2. The third-order valence-electron chi connectivity index (χ3n) is 6.76. The standard InChI is InChI=1S/C19H29N5O4S/c1-8-14-13(9(2)25)17(26)24(14)15(18(27)28)16(8)29-12-6-23(7-12)11-4-3-10(5-11)22-19(20)21/h8-14,25H,3-7H2,1-2H3,(H,27,28)(H4,20,21,22)/t8-,9?,10-,11+,13-,14-/m1/s1. The van der Waals surface area contributed by atoms with Crippen molar-refractivity contribution in [2.75, 3.05) is 13.1 Å². The number of aliphatic carboxylic acids is 1. The number of hydrogen-bond donors (Lipinski definition) is 5. The van der Waals surface area contributed by atoms with Gasteiger partial charge in [0.25, 0.3) is 0 Å². The van der Waals surface area contributed by atoms with Crippen LogP contribution in [0.5, 0.6) is 0 Å². The highest BCUT2D eigenvalue weighted by atomic mass is 32.2. The molecule has 3 fully saturated rings. The van der Waals surface area contributed by atoms with Gasteiger partial charge in [-0.15, -0.1) is 11.8 Å². The first-order chi connectivity index (χ1) is 13.7. The molecule has 1 amide bonds. The second-order valence-electron chi connectivity index (χ2n) is 8.69. The van der Waals surface area contributed by atoms with Gasteiger partial charge < -0.3 is 26.2 Å². The molecule has 6 atom stereocenters. The lowest BCUT2D eigenvalue weighted by Gasteiger charge is -2.46. The van der Waals surface area contributed by atoms with Gasteiger partial charge in [0.05, 0.1) is 18.1 Å². The molecule has 29 heavy (non-hydrogen) atoms. The highest BCUT2D eigenvalue weighted by molar-refractivity contribution is 8.03. The first-order valence-corrected chi connectivity index (χ1v) is 11.1. The number of β-lactam (4-membered cyclic amide) rings is 1. The molecule has 4 rings (SSSR count). The molecule has 0 spiro atoms. The van der Waals surface area contributed by atoms with Crippen LogP contribution < -0.4 is 11.1 Å². The van der Waals surface area contributed by atoms with Crippen molar-refractivity contribution in [1.29, 1.82) is 5.41 Å². The highest BCUT2D eigenvalue weighted by Gasteiger charge is 2.60. The van der Waals surface area contributed by atoms with E-state index in [2.05, 4.69) is 10.2 Å². The van der Waals surface area contributed by atoms with Crippen molar-refractivity contribution in [2.45, 2.75) is 62.6 Å². The first-order valence-electron chi connectivity index (χ1n) is 10.2. The van der Waals surface area contributed by atoms with E-state index in [0.717, 1.165) is 37.3 Å². The molecule has 6 N–H and O–H groups in total. The predicted octanol–water partition coefficient (Wildman–Crippen LogP) is -0.0383. The largest absolute Gasteiger partial charge is 0.477 e. The van der Waals surface area contributed by atoms with E-state index in [0.29, 0.717) is 11.3 Å². The number of carbonyl (C=O) groups is 2. The Morgan fingerprint density at radius 3 is 2.66 bits per heavy atom. The molecule has 4 aliphatic rings. The summed E-state index contributed by atoms with van der Waals surface area (Å²) in [5.41, 5.74) is 5.54. The number of aliphatic hydroxyl groups is 1. The van der Waals surface area contributed by atoms with Crippen LogP contribution in [-0.2, 0) is 9.59 Å². The molecule has 3 heterocycles. The number of nitrogens with zero attached hydrogens (tertiary/aromatic N) is 2. The summed E-state index contributed by atoms with van der Waals surface area (Å²) in [5, 5.41) is 30.3. The number of amides is 1. The summed E-state index contributed by atoms with van der Waals surface area (Å²) in [5.74, 6) is -1.92. The second-order valence-corrected chi connectivity index (χ2v) is 10.0. The molecule has 160 valence electrons. The van der Waals surface area contributed by atoms with E-state index in [9.17, 15) is 19.8 Å². The zero-order valence-corrected chi connectivity index (χ0v) is 17.5. The van der Waals surface area contributed by atoms with E-state index in [1.165, 1.54) is 4.90 Å². The summed E-state index contributed by atoms with van der Waals surface area (Å²) >= 11 is 1.59. The maximum absolute atomic E-state index is 12.4. The Morgan fingerprint density at radius 2 is 2.07 bits per heavy atom. The zero-order valence-electron chi connectivity index (χ0n) is 16.7. The molecular formula is C19H29N5O4S. The molecule has 9 nitrogen and oxygen atoms in total. The Labute approximate surface area is 174 Å². The Kier molecular flexibility index (Phi) is 5.28. The third kappa shape index (κ3) is 3.40. The summed E-state index contributed by atoms with van der Waals surface area (Å²) in [7, 11) is 0. The number of rotatable bonds is 6. The molecule has 0 aromatic carbocycles. The quantitative estimate of drug-likeness (QED) is 0.228. The molecule has 0 bridgehead atoms. The Balaban J connectivity index is 1.37. The minimum absolute atomic E-state index is 0.0192. The number of guanidine groups is 1. The van der Waals surface area contributed by atoms with Crippen molar-refractivity contribution in [3.05, 3.63) is 10.6 Å². The van der Waals surface area contributed by atoms with Gasteiger partial charge in [0.2, 0.25) is 5.91 Å². The summed E-state index contributed by atoms with van der Waals surface area (Å²) in [6.07, 6.45) is 2.27. The number of nitrogens with two attached hydrogens (primary N) is 1. The summed E-state index contributed by atoms with van der Waals surface area (Å²) in [6, 6.07) is 0.478. The maximum Gasteiger partial charge on any atom is 0.353 e. The lowest BCUT2D eigenvalue weighted by atomic mass is 9.79. The molecule has 2 saturated heterocycles. The van der Waals surface area contributed by atoms with Gasteiger partial charge in [0, 0.05) is 41.2 Å². The lowest BCUT2D eigenvalue weighted by molar-refractivity contribution is -0.163. The van der Waals surface area contributed by atoms with Crippen LogP contribution in [0.2, 0.25) is 0 Å². The van der Waals surface area contributed by atoms with E-state index >= 15 is 0 Å². The Bertz CT molecular complexity index is 766. The number of carboxylic acids is 1. The van der Waals surface area contributed by atoms with Crippen molar-refractivity contribution < 1.29 is 19.8 Å². The van der Waals surface area contributed by atoms with Crippen LogP contribution >= 0.6 is 11.8 Å². The SMILES string of the molecule is CC(O)[C@H]1C(=O)N2C(C(=O)O)=C(SC3CN([C@H]4CC[C@@H](NC(=N)N)C4)C3)[C@H](C)[C@H]12. The first kappa shape index (κ1) is 20.5. The molecule has 10 heteroatoms. The van der Waals surface area contributed by atoms with Crippen molar-refractivity contribution in [3.8, 4) is 0 Å². The van der Waals surface area contributed by atoms with Crippen LogP contribution in [0, 0.1) is 17.2 Å². The second kappa shape index (κ2) is 7.48. The van der Waals surface area contributed by atoms with Crippen molar-refractivity contribution in [2.24, 2.45) is 17.6 Å². The molecule has 1 unspecified atom stereocenters. The fourth-order valence-electron chi connectivity index (χ4n) is 5.34. The van der Waals surface area contributed by atoms with Crippen LogP contribution in [0.3, 0.4) is 0 Å². The minimum atomic E-state index is -1.07. The van der Waals surface area contributed by atoms with Gasteiger partial charge >= 0.3 is 5.97 Å². The van der Waals surface area contributed by atoms with Crippen LogP contribution in [0.4, 0.5) is 0 Å². The fraction of sp³-hybridized carbons (Fsp3) is 0.737. The van der Waals surface area contributed by atoms with Gasteiger partial charge in [-0.2, -0.15) is 0 Å². The zero-order chi connectivity index (χ0) is 21.0. The van der Waals surface area contributed by atoms with Gasteiger partial charge in [-0.3, -0.25) is 15.1 Å². The number of fused-ring (bicyclic) bond motifs is 1. The van der Waals surface area contributed by atoms with Crippen molar-refractivity contribution >= 4 is 29.6 Å². The topological polar surface area (TPSA) is 143 Å². The van der Waals surface area contributed by atoms with E-state index in [1.54, 1.807) is 18.7 Å². The number of carbonyl (C=O) groups excluding carboxylic acids is 1. The van der Waals surface area contributed by atoms with Gasteiger partial charge in [0.15, 0.2) is 5.96 Å². The van der Waals surface area contributed by atoms with E-state index < -0.39 is 18.0 Å². The number of likely N-dealkylation sites (tertiary alicyclic amines) is 1. The van der Waals surface area contributed by atoms with E-state index in [4.69, 9.17) is 11.1 Å². The predicted molar refractivity (Wildman–Crippen MR) is 109 cm³/mol. The maximum atomic E-state index is 12.4. The number of carboxylic acid groups (broad SMARTS) is 1. The molecule has 0 radical (unpaired) electrons. The van der Waals surface area contributed by atoms with Crippen molar-refractivity contribution in [1.82, 2.24) is 15.1 Å². The van der Waals surface area contributed by atoms with Gasteiger partial charge in [-0.25, -0.2) is 4.79 Å². The molecular weight excluding hydrogens is 394 g/mol. The van der Waals surface area contributed by atoms with Crippen LogP contribution in [0.1, 0.15) is 33.1 Å². The van der Waals surface area contributed by atoms with E-state index in [-0.39, 0.29) is 35.6 Å². The number of hydrogen-bond acceptors (Lipinski definition) is 6. The highest BCUT2D eigenvalue weighted by Crippen LogP contribution is 2.52. The number of thioether (sulfide) groups is 1. The summed E-state index contributed by atoms with van der Waals surface area (Å²) in [6.45, 7) is 5.34. The third-order valence-corrected chi connectivity index (χ3v) is 8.21. The monoisotopic (exact) mass is 423 g/mol. The average Bonchev–Trinajstić information content (AvgIpc) is 3.11.